The fourth-order valence-corrected chi connectivity index (χ4v) is 3.59. The number of ether oxygens (including phenoxy) is 1. The molecular weight excluding hydrogens is 388 g/mol. The van der Waals surface area contributed by atoms with E-state index in [1.807, 2.05) is 5.09 Å². The van der Waals surface area contributed by atoms with Crippen molar-refractivity contribution in [3.05, 3.63) is 24.7 Å². The van der Waals surface area contributed by atoms with E-state index in [2.05, 4.69) is 11.9 Å². The zero-order valence-electron chi connectivity index (χ0n) is 14.5. The van der Waals surface area contributed by atoms with Gasteiger partial charge < -0.3 is 30.1 Å². The third kappa shape index (κ3) is 4.72. The quantitative estimate of drug-likeness (QED) is 0.344. The molecular formula is C14H21FN3O8P. The second-order valence-electron chi connectivity index (χ2n) is 6.29. The molecule has 6 atom stereocenters. The van der Waals surface area contributed by atoms with Crippen LogP contribution in [0.1, 0.15) is 13.8 Å². The van der Waals surface area contributed by atoms with Crippen LogP contribution in [0.2, 0.25) is 0 Å². The zero-order valence-corrected chi connectivity index (χ0v) is 15.4. The highest BCUT2D eigenvalue weighted by molar-refractivity contribution is 7.50. The van der Waals surface area contributed by atoms with Gasteiger partial charge in [0.25, 0.3) is 5.91 Å². The van der Waals surface area contributed by atoms with Gasteiger partial charge in [0.15, 0.2) is 11.9 Å². The van der Waals surface area contributed by atoms with Gasteiger partial charge in [-0.05, 0) is 13.8 Å². The van der Waals surface area contributed by atoms with Gasteiger partial charge in [-0.1, -0.05) is 6.58 Å². The van der Waals surface area contributed by atoms with Gasteiger partial charge in [-0.2, -0.15) is 0 Å². The summed E-state index contributed by atoms with van der Waals surface area (Å²) in [5.74, 6) is -1.82. The number of nitrogens with one attached hydrogen (secondary N) is 2. The molecule has 1 amide bonds. The van der Waals surface area contributed by atoms with Gasteiger partial charge in [0.05, 0.1) is 6.61 Å². The molecule has 5 N–H and O–H groups in total. The van der Waals surface area contributed by atoms with Gasteiger partial charge in [-0.15, -0.1) is 0 Å². The number of rotatable bonds is 7. The van der Waals surface area contributed by atoms with Crippen molar-refractivity contribution in [1.82, 2.24) is 15.3 Å². The van der Waals surface area contributed by atoms with Gasteiger partial charge in [0.2, 0.25) is 0 Å². The minimum absolute atomic E-state index is 0.0231. The van der Waals surface area contributed by atoms with Gasteiger partial charge in [0, 0.05) is 12.3 Å². The number of nitrogens with zero attached hydrogens (tertiary/aromatic N) is 1. The SMILES string of the molecule is C=C1NC(=O)C=CN1C1O[C@H](COP(=O)(O)N[C@@H](C)C(=O)O)[C@@H](O)[C@@]1(C)F. The summed E-state index contributed by atoms with van der Waals surface area (Å²) in [5.41, 5.74) is -2.34. The first-order valence-corrected chi connectivity index (χ1v) is 9.39. The molecule has 2 unspecified atom stereocenters. The number of carboxylic acids is 1. The average Bonchev–Trinajstić information content (AvgIpc) is 2.76. The van der Waals surface area contributed by atoms with Gasteiger partial charge in [-0.25, -0.2) is 14.0 Å². The third-order valence-electron chi connectivity index (χ3n) is 4.08. The molecule has 2 rings (SSSR count). The molecule has 13 heteroatoms. The van der Waals surface area contributed by atoms with Crippen molar-refractivity contribution in [2.45, 2.75) is 44.0 Å². The number of hydrogen-bond donors (Lipinski definition) is 5. The Labute approximate surface area is 154 Å². The maximum atomic E-state index is 15.0. The highest BCUT2D eigenvalue weighted by Gasteiger charge is 2.57. The lowest BCUT2D eigenvalue weighted by molar-refractivity contribution is -0.138. The van der Waals surface area contributed by atoms with E-state index in [0.717, 1.165) is 24.8 Å². The summed E-state index contributed by atoms with van der Waals surface area (Å²) in [6, 6.07) is -1.38. The minimum atomic E-state index is -4.54. The maximum absolute atomic E-state index is 15.0. The Morgan fingerprint density at radius 1 is 1.67 bits per heavy atom. The molecule has 11 nitrogen and oxygen atoms in total. The number of aliphatic carboxylic acids is 1. The Morgan fingerprint density at radius 2 is 2.30 bits per heavy atom. The number of carbonyl (C=O) groups excluding carboxylic acids is 1. The van der Waals surface area contributed by atoms with E-state index in [-0.39, 0.29) is 5.82 Å². The summed E-state index contributed by atoms with van der Waals surface area (Å²) in [6.45, 7) is 5.07. The number of amides is 1. The van der Waals surface area contributed by atoms with E-state index in [0.29, 0.717) is 0 Å². The molecule has 27 heavy (non-hydrogen) atoms. The van der Waals surface area contributed by atoms with E-state index >= 15 is 4.39 Å². The first kappa shape index (κ1) is 21.5. The number of alkyl halides is 1. The van der Waals surface area contributed by atoms with Crippen LogP contribution in [0.5, 0.6) is 0 Å². The number of carbonyl (C=O) groups is 2. The van der Waals surface area contributed by atoms with Crippen LogP contribution >= 0.6 is 7.75 Å². The number of halogens is 1. The van der Waals surface area contributed by atoms with Crippen LogP contribution in [-0.2, 0) is 23.4 Å². The smallest absolute Gasteiger partial charge is 0.403 e. The van der Waals surface area contributed by atoms with Crippen LogP contribution in [0.3, 0.4) is 0 Å². The van der Waals surface area contributed by atoms with Crippen molar-refractivity contribution in [2.24, 2.45) is 0 Å². The number of hydrogen-bond acceptors (Lipinski definition) is 7. The van der Waals surface area contributed by atoms with E-state index in [4.69, 9.17) is 14.4 Å². The van der Waals surface area contributed by atoms with Crippen molar-refractivity contribution < 1.29 is 42.9 Å². The molecule has 152 valence electrons. The molecule has 2 aliphatic heterocycles. The van der Waals surface area contributed by atoms with Crippen molar-refractivity contribution in [3.63, 3.8) is 0 Å². The summed E-state index contributed by atoms with van der Waals surface area (Å²) in [4.78, 5) is 32.8. The van der Waals surface area contributed by atoms with Crippen molar-refractivity contribution >= 4 is 19.6 Å². The number of aliphatic hydroxyl groups is 1. The molecule has 1 fully saturated rings. The molecule has 2 aliphatic rings. The van der Waals surface area contributed by atoms with Gasteiger partial charge in [-0.3, -0.25) is 14.1 Å². The Hall–Kier alpha value is -1.82. The first-order valence-electron chi connectivity index (χ1n) is 7.82. The van der Waals surface area contributed by atoms with E-state index in [1.165, 1.54) is 6.20 Å². The molecule has 0 aromatic carbocycles. The van der Waals surface area contributed by atoms with E-state index < -0.39 is 56.4 Å². The molecule has 0 bridgehead atoms. The maximum Gasteiger partial charge on any atom is 0.403 e. The average molecular weight is 409 g/mol. The highest BCUT2D eigenvalue weighted by Crippen LogP contribution is 2.42. The fourth-order valence-electron chi connectivity index (χ4n) is 2.57. The Bertz CT molecular complexity index is 714. The summed E-state index contributed by atoms with van der Waals surface area (Å²) >= 11 is 0. The number of aliphatic hydroxyl groups excluding tert-OH is 1. The van der Waals surface area contributed by atoms with Crippen LogP contribution in [0.4, 0.5) is 4.39 Å². The second-order valence-corrected chi connectivity index (χ2v) is 7.84. The van der Waals surface area contributed by atoms with Crippen molar-refractivity contribution in [1.29, 1.82) is 0 Å². The topological polar surface area (TPSA) is 158 Å². The van der Waals surface area contributed by atoms with Crippen LogP contribution < -0.4 is 10.4 Å². The van der Waals surface area contributed by atoms with Gasteiger partial charge in [0.1, 0.15) is 24.1 Å². The molecule has 0 spiro atoms. The van der Waals surface area contributed by atoms with E-state index in [1.54, 1.807) is 0 Å². The van der Waals surface area contributed by atoms with Crippen molar-refractivity contribution in [3.8, 4) is 0 Å². The fraction of sp³-hybridized carbons (Fsp3) is 0.571. The summed E-state index contributed by atoms with van der Waals surface area (Å²) in [5, 5.41) is 23.2. The molecule has 0 aliphatic carbocycles. The largest absolute Gasteiger partial charge is 0.480 e. The summed E-state index contributed by atoms with van der Waals surface area (Å²) in [6.07, 6.45) is -2.13. The lowest BCUT2D eigenvalue weighted by Crippen LogP contribution is -2.51. The summed E-state index contributed by atoms with van der Waals surface area (Å²) in [7, 11) is -4.54. The van der Waals surface area contributed by atoms with Crippen LogP contribution in [0, 0.1) is 0 Å². The Kier molecular flexibility index (Phi) is 6.10. The minimum Gasteiger partial charge on any atom is -0.480 e. The Balaban J connectivity index is 2.06. The van der Waals surface area contributed by atoms with Crippen molar-refractivity contribution in [2.75, 3.05) is 6.61 Å². The lowest BCUT2D eigenvalue weighted by Gasteiger charge is -2.35. The molecule has 2 heterocycles. The second kappa shape index (κ2) is 7.66. The third-order valence-corrected chi connectivity index (χ3v) is 5.29. The summed E-state index contributed by atoms with van der Waals surface area (Å²) < 4.78 is 37.0. The van der Waals surface area contributed by atoms with Gasteiger partial charge >= 0.3 is 13.7 Å². The predicted molar refractivity (Wildman–Crippen MR) is 88.5 cm³/mol. The Morgan fingerprint density at radius 3 is 2.85 bits per heavy atom. The van der Waals surface area contributed by atoms with Crippen LogP contribution in [0.25, 0.3) is 0 Å². The first-order chi connectivity index (χ1) is 12.3. The molecule has 1 saturated heterocycles. The zero-order chi connectivity index (χ0) is 20.6. The van der Waals surface area contributed by atoms with E-state index in [9.17, 15) is 24.2 Å². The molecule has 0 radical (unpaired) electrons. The predicted octanol–water partition coefficient (Wildman–Crippen LogP) is -0.603. The standard InChI is InChI=1S/C14H21FN3O8P/c1-7(12(21)22)17-27(23,24)25-6-9-11(20)14(3,15)13(26-9)18-5-4-10(19)16-8(18)2/h4-5,7,9,11,13,20H,2,6H2,1,3H3,(H,16,19)(H,21,22)(H2,17,23,24)/t7-,9+,11+,13?,14+/m0/s1. The molecule has 0 aromatic rings. The monoisotopic (exact) mass is 409 g/mol. The molecule has 0 aromatic heterocycles. The number of carboxylic acid groups (broad SMARTS) is 1. The van der Waals surface area contributed by atoms with Crippen LogP contribution in [0.15, 0.2) is 24.7 Å². The lowest BCUT2D eigenvalue weighted by atomic mass is 9.98. The highest BCUT2D eigenvalue weighted by atomic mass is 31.2. The normalized spacial score (nSPS) is 34.3. The molecule has 0 saturated carbocycles. The van der Waals surface area contributed by atoms with Crippen LogP contribution in [-0.4, -0.2) is 68.6 Å².